The van der Waals surface area contributed by atoms with Gasteiger partial charge in [0, 0.05) is 36.4 Å². The molecule has 0 atom stereocenters. The van der Waals surface area contributed by atoms with Crippen molar-refractivity contribution in [2.24, 2.45) is 0 Å². The van der Waals surface area contributed by atoms with E-state index >= 15 is 0 Å². The molecule has 0 aliphatic heterocycles. The van der Waals surface area contributed by atoms with Crippen LogP contribution in [0, 0.1) is 0 Å². The molecule has 0 radical (unpaired) electrons. The molecule has 0 unspecified atom stereocenters. The Labute approximate surface area is 110 Å². The van der Waals surface area contributed by atoms with E-state index in [1.54, 1.807) is 0 Å². The van der Waals surface area contributed by atoms with E-state index < -0.39 is 0 Å². The summed E-state index contributed by atoms with van der Waals surface area (Å²) in [6.45, 7) is 10.5. The maximum atomic E-state index is 6.06. The van der Waals surface area contributed by atoms with Crippen molar-refractivity contribution in [2.75, 3.05) is 18.5 Å². The molecule has 17 heavy (non-hydrogen) atoms. The molecule has 0 fully saturated rings. The number of nitrogens with zero attached hydrogens (tertiary/aromatic N) is 1. The molecule has 0 aliphatic carbocycles. The van der Waals surface area contributed by atoms with Gasteiger partial charge >= 0.3 is 0 Å². The van der Waals surface area contributed by atoms with Gasteiger partial charge in [0.1, 0.15) is 0 Å². The van der Waals surface area contributed by atoms with Gasteiger partial charge in [-0.05, 0) is 45.4 Å². The molecule has 0 aliphatic rings. The van der Waals surface area contributed by atoms with Gasteiger partial charge < -0.3 is 10.2 Å². The monoisotopic (exact) mass is 254 g/mol. The van der Waals surface area contributed by atoms with Crippen molar-refractivity contribution in [1.82, 2.24) is 5.32 Å². The summed E-state index contributed by atoms with van der Waals surface area (Å²) < 4.78 is 0. The highest BCUT2D eigenvalue weighted by molar-refractivity contribution is 6.30. The highest BCUT2D eigenvalue weighted by Crippen LogP contribution is 2.24. The summed E-state index contributed by atoms with van der Waals surface area (Å²) in [5.41, 5.74) is 2.62. The van der Waals surface area contributed by atoms with Gasteiger partial charge in [0.05, 0.1) is 0 Å². The molecule has 0 heterocycles. The highest BCUT2D eigenvalue weighted by atomic mass is 35.5. The molecule has 1 rings (SSSR count). The van der Waals surface area contributed by atoms with Crippen LogP contribution < -0.4 is 10.2 Å². The zero-order chi connectivity index (χ0) is 13.1. The number of hydrogen-bond acceptors (Lipinski definition) is 2. The SMILES string of the molecule is CCN(C)c1cc(Cl)ccc1CNC(C)(C)C. The zero-order valence-electron chi connectivity index (χ0n) is 11.5. The molecule has 96 valence electrons. The molecular formula is C14H23ClN2. The first kappa shape index (κ1) is 14.3. The van der Waals surface area contributed by atoms with Crippen LogP contribution in [0.3, 0.4) is 0 Å². The van der Waals surface area contributed by atoms with E-state index in [0.29, 0.717) is 0 Å². The Kier molecular flexibility index (Phi) is 4.84. The molecular weight excluding hydrogens is 232 g/mol. The van der Waals surface area contributed by atoms with Gasteiger partial charge in [-0.1, -0.05) is 17.7 Å². The smallest absolute Gasteiger partial charge is 0.0426 e. The van der Waals surface area contributed by atoms with Gasteiger partial charge in [-0.15, -0.1) is 0 Å². The third-order valence-corrected chi connectivity index (χ3v) is 2.98. The zero-order valence-corrected chi connectivity index (χ0v) is 12.2. The largest absolute Gasteiger partial charge is 0.375 e. The van der Waals surface area contributed by atoms with E-state index in [1.165, 1.54) is 11.3 Å². The summed E-state index contributed by atoms with van der Waals surface area (Å²) in [7, 11) is 2.09. The maximum Gasteiger partial charge on any atom is 0.0426 e. The first-order chi connectivity index (χ1) is 7.83. The summed E-state index contributed by atoms with van der Waals surface area (Å²) in [5, 5.41) is 4.30. The molecule has 3 heteroatoms. The normalized spacial score (nSPS) is 11.6. The van der Waals surface area contributed by atoms with Crippen LogP contribution in [-0.4, -0.2) is 19.1 Å². The Bertz CT molecular complexity index is 369. The Hall–Kier alpha value is -0.730. The fourth-order valence-electron chi connectivity index (χ4n) is 1.57. The van der Waals surface area contributed by atoms with E-state index in [1.807, 2.05) is 12.1 Å². The molecule has 0 bridgehead atoms. The number of hydrogen-bond donors (Lipinski definition) is 1. The van der Waals surface area contributed by atoms with E-state index in [9.17, 15) is 0 Å². The van der Waals surface area contributed by atoms with Crippen LogP contribution >= 0.6 is 11.6 Å². The van der Waals surface area contributed by atoms with Gasteiger partial charge in [0.25, 0.3) is 0 Å². The lowest BCUT2D eigenvalue weighted by Crippen LogP contribution is -2.35. The minimum Gasteiger partial charge on any atom is -0.375 e. The van der Waals surface area contributed by atoms with Gasteiger partial charge in [-0.2, -0.15) is 0 Å². The van der Waals surface area contributed by atoms with Crippen LogP contribution in [0.4, 0.5) is 5.69 Å². The van der Waals surface area contributed by atoms with E-state index in [0.717, 1.165) is 18.1 Å². The van der Waals surface area contributed by atoms with Gasteiger partial charge in [0.15, 0.2) is 0 Å². The van der Waals surface area contributed by atoms with Crippen LogP contribution in [-0.2, 0) is 6.54 Å². The van der Waals surface area contributed by atoms with Crippen molar-refractivity contribution in [3.63, 3.8) is 0 Å². The maximum absolute atomic E-state index is 6.06. The number of rotatable bonds is 4. The Morgan fingerprint density at radius 3 is 2.47 bits per heavy atom. The Morgan fingerprint density at radius 2 is 1.94 bits per heavy atom. The second kappa shape index (κ2) is 5.74. The number of benzene rings is 1. The van der Waals surface area contributed by atoms with E-state index in [-0.39, 0.29) is 5.54 Å². The van der Waals surface area contributed by atoms with Crippen LogP contribution in [0.5, 0.6) is 0 Å². The molecule has 0 aromatic heterocycles. The Morgan fingerprint density at radius 1 is 1.29 bits per heavy atom. The number of anilines is 1. The lowest BCUT2D eigenvalue weighted by molar-refractivity contribution is 0.424. The number of nitrogens with one attached hydrogen (secondary N) is 1. The van der Waals surface area contributed by atoms with Crippen molar-refractivity contribution >= 4 is 17.3 Å². The third-order valence-electron chi connectivity index (χ3n) is 2.74. The van der Waals surface area contributed by atoms with Gasteiger partial charge in [0.2, 0.25) is 0 Å². The van der Waals surface area contributed by atoms with Crippen LogP contribution in [0.2, 0.25) is 5.02 Å². The van der Waals surface area contributed by atoms with Crippen molar-refractivity contribution in [1.29, 1.82) is 0 Å². The summed E-state index contributed by atoms with van der Waals surface area (Å²) >= 11 is 6.06. The van der Waals surface area contributed by atoms with Crippen molar-refractivity contribution in [2.45, 2.75) is 39.8 Å². The first-order valence-electron chi connectivity index (χ1n) is 6.08. The van der Waals surface area contributed by atoms with Gasteiger partial charge in [-0.25, -0.2) is 0 Å². The minimum atomic E-state index is 0.127. The van der Waals surface area contributed by atoms with Gasteiger partial charge in [-0.3, -0.25) is 0 Å². The molecule has 1 aromatic carbocycles. The second-order valence-electron chi connectivity index (χ2n) is 5.39. The average molecular weight is 255 g/mol. The lowest BCUT2D eigenvalue weighted by Gasteiger charge is -2.25. The molecule has 0 amide bonds. The summed E-state index contributed by atoms with van der Waals surface area (Å²) in [5.74, 6) is 0. The van der Waals surface area contributed by atoms with Crippen LogP contribution in [0.25, 0.3) is 0 Å². The summed E-state index contributed by atoms with van der Waals surface area (Å²) in [6.07, 6.45) is 0. The molecule has 0 saturated carbocycles. The quantitative estimate of drug-likeness (QED) is 0.882. The second-order valence-corrected chi connectivity index (χ2v) is 5.83. The summed E-state index contributed by atoms with van der Waals surface area (Å²) in [6, 6.07) is 6.08. The summed E-state index contributed by atoms with van der Waals surface area (Å²) in [4.78, 5) is 2.21. The topological polar surface area (TPSA) is 15.3 Å². The molecule has 1 aromatic rings. The third kappa shape index (κ3) is 4.57. The van der Waals surface area contributed by atoms with Crippen molar-refractivity contribution in [3.8, 4) is 0 Å². The Balaban J connectivity index is 2.90. The van der Waals surface area contributed by atoms with Crippen LogP contribution in [0.1, 0.15) is 33.3 Å². The standard InChI is InChI=1S/C14H23ClN2/c1-6-17(5)13-9-12(15)8-7-11(13)10-16-14(2,3)4/h7-9,16H,6,10H2,1-5H3. The minimum absolute atomic E-state index is 0.127. The van der Waals surface area contributed by atoms with Crippen LogP contribution in [0.15, 0.2) is 18.2 Å². The predicted molar refractivity (Wildman–Crippen MR) is 77.0 cm³/mol. The molecule has 0 spiro atoms. The molecule has 2 nitrogen and oxygen atoms in total. The first-order valence-corrected chi connectivity index (χ1v) is 6.46. The molecule has 0 saturated heterocycles. The van der Waals surface area contributed by atoms with Crippen molar-refractivity contribution in [3.05, 3.63) is 28.8 Å². The predicted octanol–water partition coefficient (Wildman–Crippen LogP) is 3.68. The van der Waals surface area contributed by atoms with E-state index in [4.69, 9.17) is 11.6 Å². The fraction of sp³-hybridized carbons (Fsp3) is 0.571. The molecule has 1 N–H and O–H groups in total. The lowest BCUT2D eigenvalue weighted by atomic mass is 10.1. The highest BCUT2D eigenvalue weighted by Gasteiger charge is 2.12. The average Bonchev–Trinajstić information content (AvgIpc) is 2.25. The van der Waals surface area contributed by atoms with Crippen molar-refractivity contribution < 1.29 is 0 Å². The number of halogens is 1. The fourth-order valence-corrected chi connectivity index (χ4v) is 1.74. The van der Waals surface area contributed by atoms with E-state index in [2.05, 4.69) is 51.0 Å².